The molecule has 0 aliphatic heterocycles. The van der Waals surface area contributed by atoms with E-state index in [1.165, 1.54) is 24.1 Å². The maximum absolute atomic E-state index is 13.8. The van der Waals surface area contributed by atoms with Crippen LogP contribution in [0.2, 0.25) is 5.02 Å². The molecule has 7 nitrogen and oxygen atoms in total. The Morgan fingerprint density at radius 2 is 1.64 bits per heavy atom. The number of carbonyl (C=O) groups excluding carboxylic acids is 2. The van der Waals surface area contributed by atoms with E-state index in [0.717, 1.165) is 15.4 Å². The van der Waals surface area contributed by atoms with Crippen LogP contribution in [0.1, 0.15) is 25.0 Å². The highest BCUT2D eigenvalue weighted by Gasteiger charge is 2.33. The first-order chi connectivity index (χ1) is 17.2. The Hall–Kier alpha value is -3.36. The fourth-order valence-corrected chi connectivity index (χ4v) is 5.60. The second-order valence-corrected chi connectivity index (χ2v) is 10.5. The number of amides is 2. The highest BCUT2D eigenvalue weighted by atomic mass is 35.5. The van der Waals surface area contributed by atoms with Gasteiger partial charge in [0, 0.05) is 18.6 Å². The van der Waals surface area contributed by atoms with Crippen LogP contribution in [0, 0.1) is 0 Å². The molecule has 2 amide bonds. The van der Waals surface area contributed by atoms with Crippen molar-refractivity contribution in [3.05, 3.63) is 95.0 Å². The van der Waals surface area contributed by atoms with Gasteiger partial charge in [0.05, 0.1) is 10.6 Å². The van der Waals surface area contributed by atoms with Crippen molar-refractivity contribution in [1.29, 1.82) is 0 Å². The summed E-state index contributed by atoms with van der Waals surface area (Å²) in [7, 11) is -2.59. The van der Waals surface area contributed by atoms with Crippen LogP contribution in [0.4, 0.5) is 5.69 Å². The number of aryl methyl sites for hydroxylation is 1. The van der Waals surface area contributed by atoms with Crippen LogP contribution >= 0.6 is 11.6 Å². The summed E-state index contributed by atoms with van der Waals surface area (Å²) in [6.45, 7) is 3.14. The molecule has 0 aliphatic carbocycles. The maximum Gasteiger partial charge on any atom is 0.264 e. The summed E-state index contributed by atoms with van der Waals surface area (Å²) in [5.74, 6) is -0.881. The highest BCUT2D eigenvalue weighted by molar-refractivity contribution is 7.92. The fraction of sp³-hybridized carbons (Fsp3) is 0.259. The number of nitrogens with one attached hydrogen (secondary N) is 1. The van der Waals surface area contributed by atoms with Crippen LogP contribution in [0.3, 0.4) is 0 Å². The number of rotatable bonds is 10. The lowest BCUT2D eigenvalue weighted by Gasteiger charge is -2.32. The van der Waals surface area contributed by atoms with E-state index < -0.39 is 28.5 Å². The van der Waals surface area contributed by atoms with Crippen LogP contribution in [-0.2, 0) is 32.6 Å². The molecule has 0 aromatic heterocycles. The Bertz CT molecular complexity index is 1320. The zero-order valence-corrected chi connectivity index (χ0v) is 22.1. The molecule has 0 aliphatic rings. The Morgan fingerprint density at radius 1 is 0.972 bits per heavy atom. The Morgan fingerprint density at radius 3 is 2.28 bits per heavy atom. The van der Waals surface area contributed by atoms with Crippen LogP contribution < -0.4 is 9.62 Å². The normalized spacial score (nSPS) is 12.0. The summed E-state index contributed by atoms with van der Waals surface area (Å²) < 4.78 is 28.7. The van der Waals surface area contributed by atoms with Gasteiger partial charge in [-0.1, -0.05) is 67.1 Å². The average Bonchev–Trinajstić information content (AvgIpc) is 2.89. The predicted molar refractivity (Wildman–Crippen MR) is 142 cm³/mol. The van der Waals surface area contributed by atoms with Crippen molar-refractivity contribution >= 4 is 39.1 Å². The number of carbonyl (C=O) groups is 2. The SMILES string of the molecule is CCc1ccccc1N(CC(=O)N(Cc1cccc(Cl)c1)[C@@H](C)C(=O)NC)S(=O)(=O)c1ccccc1. The van der Waals surface area contributed by atoms with Gasteiger partial charge in [-0.3, -0.25) is 13.9 Å². The molecule has 3 aromatic carbocycles. The Labute approximate surface area is 217 Å². The van der Waals surface area contributed by atoms with Crippen LogP contribution in [-0.4, -0.2) is 44.8 Å². The molecule has 9 heteroatoms. The van der Waals surface area contributed by atoms with E-state index in [4.69, 9.17) is 11.6 Å². The smallest absolute Gasteiger partial charge is 0.264 e. The summed E-state index contributed by atoms with van der Waals surface area (Å²) >= 11 is 6.13. The molecule has 0 unspecified atom stereocenters. The molecule has 1 atom stereocenters. The first-order valence-corrected chi connectivity index (χ1v) is 13.4. The van der Waals surface area contributed by atoms with Crippen molar-refractivity contribution < 1.29 is 18.0 Å². The van der Waals surface area contributed by atoms with E-state index in [2.05, 4.69) is 5.32 Å². The number of benzene rings is 3. The van der Waals surface area contributed by atoms with Crippen molar-refractivity contribution in [2.45, 2.75) is 37.8 Å². The molecule has 0 saturated heterocycles. The molecule has 0 spiro atoms. The van der Waals surface area contributed by atoms with Gasteiger partial charge in [0.1, 0.15) is 12.6 Å². The number of sulfonamides is 1. The standard InChI is InChI=1S/C27H30ClN3O4S/c1-4-22-12-8-9-16-25(22)31(36(34,35)24-14-6-5-7-15-24)19-26(32)30(20(2)27(33)29-3)18-21-11-10-13-23(28)17-21/h5-17,20H,4,18-19H2,1-3H3,(H,29,33)/t20-/m0/s1. The molecule has 190 valence electrons. The molecule has 3 aromatic rings. The lowest BCUT2D eigenvalue weighted by molar-refractivity contribution is -0.139. The quantitative estimate of drug-likeness (QED) is 0.427. The third-order valence-electron chi connectivity index (χ3n) is 5.91. The lowest BCUT2D eigenvalue weighted by Crippen LogP contribution is -2.50. The van der Waals surface area contributed by atoms with E-state index in [-0.39, 0.29) is 17.3 Å². The van der Waals surface area contributed by atoms with Gasteiger partial charge in [-0.25, -0.2) is 8.42 Å². The van der Waals surface area contributed by atoms with Gasteiger partial charge in [0.2, 0.25) is 11.8 Å². The molecule has 0 heterocycles. The van der Waals surface area contributed by atoms with E-state index in [1.807, 2.05) is 19.1 Å². The van der Waals surface area contributed by atoms with Crippen molar-refractivity contribution in [2.24, 2.45) is 0 Å². The number of hydrogen-bond donors (Lipinski definition) is 1. The number of hydrogen-bond acceptors (Lipinski definition) is 4. The second-order valence-electron chi connectivity index (χ2n) is 8.25. The van der Waals surface area contributed by atoms with Gasteiger partial charge in [0.25, 0.3) is 10.0 Å². The van der Waals surface area contributed by atoms with Gasteiger partial charge in [-0.2, -0.15) is 0 Å². The zero-order chi connectivity index (χ0) is 26.3. The van der Waals surface area contributed by atoms with Gasteiger partial charge < -0.3 is 10.2 Å². The average molecular weight is 528 g/mol. The number of para-hydroxylation sites is 1. The molecule has 0 radical (unpaired) electrons. The van der Waals surface area contributed by atoms with Crippen molar-refractivity contribution in [3.63, 3.8) is 0 Å². The fourth-order valence-electron chi connectivity index (χ4n) is 3.91. The topological polar surface area (TPSA) is 86.8 Å². The summed E-state index contributed by atoms with van der Waals surface area (Å²) in [4.78, 5) is 27.7. The van der Waals surface area contributed by atoms with Gasteiger partial charge in [0.15, 0.2) is 0 Å². The third kappa shape index (κ3) is 6.25. The molecule has 1 N–H and O–H groups in total. The molecular formula is C27H30ClN3O4S. The summed E-state index contributed by atoms with van der Waals surface area (Å²) in [6, 6.07) is 21.2. The van der Waals surface area contributed by atoms with Crippen molar-refractivity contribution in [3.8, 4) is 0 Å². The van der Waals surface area contributed by atoms with E-state index in [1.54, 1.807) is 61.5 Å². The third-order valence-corrected chi connectivity index (χ3v) is 7.92. The number of likely N-dealkylation sites (N-methyl/N-ethyl adjacent to an activating group) is 1. The van der Waals surface area contributed by atoms with Crippen LogP contribution in [0.15, 0.2) is 83.8 Å². The van der Waals surface area contributed by atoms with Crippen LogP contribution in [0.5, 0.6) is 0 Å². The summed E-state index contributed by atoms with van der Waals surface area (Å²) in [5, 5.41) is 3.06. The molecular weight excluding hydrogens is 498 g/mol. The number of anilines is 1. The van der Waals surface area contributed by atoms with Gasteiger partial charge >= 0.3 is 0 Å². The highest BCUT2D eigenvalue weighted by Crippen LogP contribution is 2.28. The summed E-state index contributed by atoms with van der Waals surface area (Å²) in [6.07, 6.45) is 0.575. The van der Waals surface area contributed by atoms with Gasteiger partial charge in [-0.15, -0.1) is 0 Å². The second kappa shape index (κ2) is 12.1. The minimum absolute atomic E-state index is 0.0736. The predicted octanol–water partition coefficient (Wildman–Crippen LogP) is 4.26. The summed E-state index contributed by atoms with van der Waals surface area (Å²) in [5.41, 5.74) is 1.93. The number of halogens is 1. The minimum Gasteiger partial charge on any atom is -0.357 e. The zero-order valence-electron chi connectivity index (χ0n) is 20.5. The molecule has 0 fully saturated rings. The van der Waals surface area contributed by atoms with E-state index >= 15 is 0 Å². The maximum atomic E-state index is 13.8. The first-order valence-electron chi connectivity index (χ1n) is 11.6. The molecule has 3 rings (SSSR count). The molecule has 36 heavy (non-hydrogen) atoms. The minimum atomic E-state index is -4.08. The lowest BCUT2D eigenvalue weighted by atomic mass is 10.1. The van der Waals surface area contributed by atoms with E-state index in [0.29, 0.717) is 17.1 Å². The van der Waals surface area contributed by atoms with Gasteiger partial charge in [-0.05, 0) is 54.8 Å². The van der Waals surface area contributed by atoms with E-state index in [9.17, 15) is 18.0 Å². The van der Waals surface area contributed by atoms with Crippen molar-refractivity contribution in [1.82, 2.24) is 10.2 Å². The van der Waals surface area contributed by atoms with Crippen LogP contribution in [0.25, 0.3) is 0 Å². The largest absolute Gasteiger partial charge is 0.357 e. The molecule has 0 bridgehead atoms. The first kappa shape index (κ1) is 27.2. The monoisotopic (exact) mass is 527 g/mol. The number of nitrogens with zero attached hydrogens (tertiary/aromatic N) is 2. The Balaban J connectivity index is 2.06. The van der Waals surface area contributed by atoms with Crippen molar-refractivity contribution in [2.75, 3.05) is 17.9 Å². The molecule has 0 saturated carbocycles. The Kier molecular flexibility index (Phi) is 9.12.